The smallest absolute Gasteiger partial charge is 0.372 e. The second-order valence-electron chi connectivity index (χ2n) is 3.99. The molecule has 0 bridgehead atoms. The van der Waals surface area contributed by atoms with Gasteiger partial charge in [-0.3, -0.25) is 4.79 Å². The first-order valence-electron chi connectivity index (χ1n) is 5.63. The molecule has 1 rings (SSSR count). The lowest BCUT2D eigenvalue weighted by Crippen LogP contribution is -2.37. The predicted molar refractivity (Wildman–Crippen MR) is 58.1 cm³/mol. The van der Waals surface area contributed by atoms with E-state index in [2.05, 4.69) is 15.1 Å². The van der Waals surface area contributed by atoms with Crippen LogP contribution in [0.25, 0.3) is 0 Å². The molecule has 1 saturated heterocycles. The topological polar surface area (TPSA) is 128 Å². The van der Waals surface area contributed by atoms with Crippen LogP contribution in [0.15, 0.2) is 0 Å². The minimum absolute atomic E-state index is 0.0760. The number of carbonyl (C=O) groups is 3. The first kappa shape index (κ1) is 14.4. The molecule has 1 aliphatic rings. The maximum Gasteiger partial charge on any atom is 0.372 e. The van der Waals surface area contributed by atoms with Gasteiger partial charge in [0, 0.05) is 6.42 Å². The molecule has 4 N–H and O–H groups in total. The third-order valence-electron chi connectivity index (χ3n) is 2.52. The largest absolute Gasteiger partial charge is 0.481 e. The van der Waals surface area contributed by atoms with E-state index in [1.54, 1.807) is 0 Å². The highest BCUT2D eigenvalue weighted by Crippen LogP contribution is 2.07. The average Bonchev–Trinajstić information content (AvgIpc) is 2.86. The fourth-order valence-electron chi connectivity index (χ4n) is 1.48. The number of carboxylic acid groups (broad SMARTS) is 1. The molecule has 0 radical (unpaired) electrons. The highest BCUT2D eigenvalue weighted by molar-refractivity contribution is 5.79. The van der Waals surface area contributed by atoms with Crippen LogP contribution in [0.1, 0.15) is 25.7 Å². The quantitative estimate of drug-likeness (QED) is 0.421. The van der Waals surface area contributed by atoms with Gasteiger partial charge in [0.15, 0.2) is 0 Å². The molecule has 0 aromatic rings. The van der Waals surface area contributed by atoms with Gasteiger partial charge in [0.05, 0.1) is 0 Å². The Hall–Kier alpha value is -1.67. The molecule has 1 unspecified atom stereocenters. The average molecular weight is 260 g/mol. The molecule has 2 atom stereocenters. The van der Waals surface area contributed by atoms with Gasteiger partial charge in [-0.05, 0) is 25.8 Å². The Balaban J connectivity index is 2.22. The number of hydrogen-bond acceptors (Lipinski definition) is 7. The Morgan fingerprint density at radius 2 is 2.11 bits per heavy atom. The zero-order valence-corrected chi connectivity index (χ0v) is 9.76. The molecule has 0 aromatic heterocycles. The summed E-state index contributed by atoms with van der Waals surface area (Å²) < 4.78 is 0. The minimum atomic E-state index is -1.12. The summed E-state index contributed by atoms with van der Waals surface area (Å²) in [6, 6.07) is -1.58. The molecule has 1 aliphatic heterocycles. The molecule has 1 fully saturated rings. The molecule has 8 nitrogen and oxygen atoms in total. The van der Waals surface area contributed by atoms with Crippen molar-refractivity contribution in [3.05, 3.63) is 0 Å². The lowest BCUT2D eigenvalue weighted by Gasteiger charge is -2.10. The van der Waals surface area contributed by atoms with Gasteiger partial charge in [0.1, 0.15) is 12.1 Å². The van der Waals surface area contributed by atoms with Crippen molar-refractivity contribution in [2.45, 2.75) is 37.8 Å². The van der Waals surface area contributed by atoms with E-state index in [4.69, 9.17) is 10.8 Å². The van der Waals surface area contributed by atoms with Gasteiger partial charge in [-0.15, -0.1) is 0 Å². The molecule has 0 saturated carbocycles. The normalized spacial score (nSPS) is 20.2. The second kappa shape index (κ2) is 6.92. The van der Waals surface area contributed by atoms with Crippen LogP contribution in [-0.2, 0) is 24.2 Å². The van der Waals surface area contributed by atoms with Gasteiger partial charge >= 0.3 is 17.9 Å². The van der Waals surface area contributed by atoms with Crippen molar-refractivity contribution in [1.29, 1.82) is 0 Å². The van der Waals surface area contributed by atoms with E-state index in [9.17, 15) is 14.4 Å². The van der Waals surface area contributed by atoms with Crippen molar-refractivity contribution in [3.63, 3.8) is 0 Å². The molecular formula is C10H16N2O6. The van der Waals surface area contributed by atoms with Crippen molar-refractivity contribution < 1.29 is 29.3 Å². The number of carboxylic acids is 1. The third kappa shape index (κ3) is 4.68. The molecule has 18 heavy (non-hydrogen) atoms. The van der Waals surface area contributed by atoms with Gasteiger partial charge in [-0.25, -0.2) is 19.4 Å². The van der Waals surface area contributed by atoms with Crippen LogP contribution in [0.5, 0.6) is 0 Å². The van der Waals surface area contributed by atoms with Crippen molar-refractivity contribution in [3.8, 4) is 0 Å². The first-order valence-corrected chi connectivity index (χ1v) is 5.63. The highest BCUT2D eigenvalue weighted by Gasteiger charge is 2.26. The summed E-state index contributed by atoms with van der Waals surface area (Å²) in [5.41, 5.74) is 5.36. The monoisotopic (exact) mass is 260 g/mol. The maximum atomic E-state index is 11.3. The van der Waals surface area contributed by atoms with E-state index >= 15 is 0 Å². The Labute approximate surface area is 103 Å². The highest BCUT2D eigenvalue weighted by atomic mass is 17.2. The summed E-state index contributed by atoms with van der Waals surface area (Å²) in [4.78, 5) is 41.4. The van der Waals surface area contributed by atoms with Crippen molar-refractivity contribution in [1.82, 2.24) is 5.32 Å². The van der Waals surface area contributed by atoms with Crippen LogP contribution >= 0.6 is 0 Å². The Bertz CT molecular complexity index is 326. The number of carbonyl (C=O) groups excluding carboxylic acids is 2. The second-order valence-corrected chi connectivity index (χ2v) is 3.99. The lowest BCUT2D eigenvalue weighted by atomic mass is 10.2. The summed E-state index contributed by atoms with van der Waals surface area (Å²) in [6.07, 6.45) is 1.15. The molecule has 102 valence electrons. The Morgan fingerprint density at radius 1 is 1.39 bits per heavy atom. The van der Waals surface area contributed by atoms with E-state index in [1.165, 1.54) is 0 Å². The van der Waals surface area contributed by atoms with E-state index in [-0.39, 0.29) is 12.8 Å². The van der Waals surface area contributed by atoms with E-state index in [1.807, 2.05) is 0 Å². The van der Waals surface area contributed by atoms with Crippen LogP contribution in [0.3, 0.4) is 0 Å². The molecule has 1 heterocycles. The van der Waals surface area contributed by atoms with Gasteiger partial charge in [-0.1, -0.05) is 0 Å². The number of nitrogens with two attached hydrogens (primary N) is 1. The minimum Gasteiger partial charge on any atom is -0.481 e. The standard InChI is InChI=1S/C10H16N2O6/c11-6(3-4-8(13)14)9(15)17-18-10(16)7-2-1-5-12-7/h6-7,12H,1-5,11H2,(H,13,14)/t6-,7?/m1/s1. The zero-order chi connectivity index (χ0) is 13.5. The van der Waals surface area contributed by atoms with Gasteiger partial charge in [0.25, 0.3) is 0 Å². The van der Waals surface area contributed by atoms with Crippen LogP contribution in [0, 0.1) is 0 Å². The van der Waals surface area contributed by atoms with Gasteiger partial charge in [0.2, 0.25) is 0 Å². The van der Waals surface area contributed by atoms with Crippen molar-refractivity contribution in [2.75, 3.05) is 6.54 Å². The molecule has 8 heteroatoms. The summed E-state index contributed by atoms with van der Waals surface area (Å²) in [5.74, 6) is -2.70. The number of rotatable bonds is 5. The number of hydrogen-bond donors (Lipinski definition) is 3. The lowest BCUT2D eigenvalue weighted by molar-refractivity contribution is -0.261. The fraction of sp³-hybridized carbons (Fsp3) is 0.700. The van der Waals surface area contributed by atoms with Crippen LogP contribution in [0.2, 0.25) is 0 Å². The summed E-state index contributed by atoms with van der Waals surface area (Å²) >= 11 is 0. The zero-order valence-electron chi connectivity index (χ0n) is 9.76. The van der Waals surface area contributed by atoms with Crippen molar-refractivity contribution in [2.24, 2.45) is 5.73 Å². The fourth-order valence-corrected chi connectivity index (χ4v) is 1.48. The predicted octanol–water partition coefficient (Wildman–Crippen LogP) is -1.07. The van der Waals surface area contributed by atoms with Crippen molar-refractivity contribution >= 4 is 17.9 Å². The first-order chi connectivity index (χ1) is 8.50. The summed E-state index contributed by atoms with van der Waals surface area (Å²) in [6.45, 7) is 0.714. The van der Waals surface area contributed by atoms with Crippen LogP contribution in [0.4, 0.5) is 0 Å². The Kier molecular flexibility index (Phi) is 5.53. The molecule has 0 aromatic carbocycles. The number of nitrogens with one attached hydrogen (secondary N) is 1. The SMILES string of the molecule is N[C@H](CCC(=O)O)C(=O)OOC(=O)C1CCCN1. The van der Waals surface area contributed by atoms with E-state index in [0.717, 1.165) is 6.42 Å². The van der Waals surface area contributed by atoms with Gasteiger partial charge in [-0.2, -0.15) is 0 Å². The summed E-state index contributed by atoms with van der Waals surface area (Å²) in [7, 11) is 0. The Morgan fingerprint density at radius 3 is 2.67 bits per heavy atom. The van der Waals surface area contributed by atoms with Crippen LogP contribution < -0.4 is 11.1 Å². The van der Waals surface area contributed by atoms with Gasteiger partial charge < -0.3 is 16.2 Å². The molecule has 0 spiro atoms. The number of aliphatic carboxylic acids is 1. The maximum absolute atomic E-state index is 11.3. The van der Waals surface area contributed by atoms with Crippen LogP contribution in [-0.4, -0.2) is 41.6 Å². The van der Waals surface area contributed by atoms with E-state index in [0.29, 0.717) is 13.0 Å². The third-order valence-corrected chi connectivity index (χ3v) is 2.52. The van der Waals surface area contributed by atoms with E-state index < -0.39 is 30.0 Å². The molecular weight excluding hydrogens is 244 g/mol. The molecule has 0 amide bonds. The summed E-state index contributed by atoms with van der Waals surface area (Å²) in [5, 5.41) is 11.3. The molecule has 0 aliphatic carbocycles.